The maximum Gasteiger partial charge on any atom is 0.348 e. The Bertz CT molecular complexity index is 1760. The summed E-state index contributed by atoms with van der Waals surface area (Å²) in [6, 6.07) is 26.7. The second kappa shape index (κ2) is 12.8. The molecule has 6 rings (SSSR count). The van der Waals surface area contributed by atoms with Crippen molar-refractivity contribution < 1.29 is 9.53 Å². The van der Waals surface area contributed by atoms with Crippen LogP contribution in [0.4, 0.5) is 0 Å². The molecule has 0 radical (unpaired) electrons. The topological polar surface area (TPSA) is 26.3 Å². The van der Waals surface area contributed by atoms with Gasteiger partial charge in [0.2, 0.25) is 0 Å². The number of hydrogen-bond acceptors (Lipinski definition) is 4. The molecule has 4 aromatic carbocycles. The predicted molar refractivity (Wildman–Crippen MR) is 179 cm³/mol. The minimum Gasteiger partial charge on any atom is -0.462 e. The summed E-state index contributed by atoms with van der Waals surface area (Å²) >= 11 is 3.43. The van der Waals surface area contributed by atoms with E-state index in [9.17, 15) is 4.79 Å². The number of unbranched alkanes of at least 4 members (excludes halogenated alkanes) is 7. The van der Waals surface area contributed by atoms with Crippen molar-refractivity contribution in [3.05, 3.63) is 83.2 Å². The summed E-state index contributed by atoms with van der Waals surface area (Å²) in [4.78, 5) is 17.1. The molecular formula is C37H38O2S2. The van der Waals surface area contributed by atoms with Gasteiger partial charge in [-0.25, -0.2) is 4.79 Å². The Hall–Kier alpha value is -3.21. The van der Waals surface area contributed by atoms with Gasteiger partial charge in [0.15, 0.2) is 0 Å². The average Bonchev–Trinajstić information content (AvgIpc) is 3.65. The largest absolute Gasteiger partial charge is 0.462 e. The van der Waals surface area contributed by atoms with Crippen molar-refractivity contribution in [1.29, 1.82) is 0 Å². The highest BCUT2D eigenvalue weighted by molar-refractivity contribution is 7.24. The number of ether oxygens (including phenoxy) is 1. The smallest absolute Gasteiger partial charge is 0.348 e. The maximum absolute atomic E-state index is 12.7. The lowest BCUT2D eigenvalue weighted by molar-refractivity contribution is 0.0532. The van der Waals surface area contributed by atoms with Crippen LogP contribution in [0.3, 0.4) is 0 Å². The third-order valence-corrected chi connectivity index (χ3v) is 10.7. The summed E-state index contributed by atoms with van der Waals surface area (Å²) in [6.45, 7) is 4.54. The summed E-state index contributed by atoms with van der Waals surface area (Å²) in [5.41, 5.74) is 2.56. The molecule has 0 N–H and O–H groups in total. The molecule has 0 fully saturated rings. The first-order valence-electron chi connectivity index (χ1n) is 15.2. The van der Waals surface area contributed by atoms with Crippen molar-refractivity contribution in [1.82, 2.24) is 0 Å². The van der Waals surface area contributed by atoms with E-state index >= 15 is 0 Å². The lowest BCUT2D eigenvalue weighted by Crippen LogP contribution is -2.01. The van der Waals surface area contributed by atoms with Crippen molar-refractivity contribution in [2.75, 3.05) is 6.61 Å². The summed E-state index contributed by atoms with van der Waals surface area (Å²) in [6.07, 6.45) is 11.4. The van der Waals surface area contributed by atoms with Gasteiger partial charge in [0.1, 0.15) is 4.88 Å². The summed E-state index contributed by atoms with van der Waals surface area (Å²) in [5, 5.41) is 7.88. The molecule has 6 aromatic rings. The van der Waals surface area contributed by atoms with Crippen molar-refractivity contribution >= 4 is 61.0 Å². The molecule has 0 aliphatic heterocycles. The lowest BCUT2D eigenvalue weighted by atomic mass is 9.91. The maximum atomic E-state index is 12.7. The Labute approximate surface area is 251 Å². The first-order chi connectivity index (χ1) is 20.2. The third-order valence-electron chi connectivity index (χ3n) is 8.21. The number of thiophene rings is 2. The monoisotopic (exact) mass is 578 g/mol. The second-order valence-corrected chi connectivity index (χ2v) is 13.2. The second-order valence-electron chi connectivity index (χ2n) is 11.0. The molecule has 0 amide bonds. The van der Waals surface area contributed by atoms with E-state index in [0.717, 1.165) is 12.8 Å². The van der Waals surface area contributed by atoms with Gasteiger partial charge in [0.25, 0.3) is 0 Å². The molecular weight excluding hydrogens is 541 g/mol. The van der Waals surface area contributed by atoms with Gasteiger partial charge >= 0.3 is 5.97 Å². The van der Waals surface area contributed by atoms with Crippen LogP contribution in [0, 0.1) is 0 Å². The van der Waals surface area contributed by atoms with Crippen LogP contribution in [0.5, 0.6) is 0 Å². The zero-order chi connectivity index (χ0) is 28.2. The van der Waals surface area contributed by atoms with Crippen LogP contribution in [-0.4, -0.2) is 12.6 Å². The van der Waals surface area contributed by atoms with E-state index in [4.69, 9.17) is 4.74 Å². The molecule has 2 heterocycles. The van der Waals surface area contributed by atoms with Crippen molar-refractivity contribution in [3.8, 4) is 20.2 Å². The molecule has 41 heavy (non-hydrogen) atoms. The Morgan fingerprint density at radius 1 is 0.683 bits per heavy atom. The molecule has 0 spiro atoms. The van der Waals surface area contributed by atoms with Crippen LogP contribution in [0.2, 0.25) is 0 Å². The van der Waals surface area contributed by atoms with Gasteiger partial charge in [-0.15, -0.1) is 22.7 Å². The number of benzene rings is 4. The van der Waals surface area contributed by atoms with E-state index in [0.29, 0.717) is 11.5 Å². The van der Waals surface area contributed by atoms with Crippen molar-refractivity contribution in [2.24, 2.45) is 0 Å². The number of carbonyl (C=O) groups is 1. The predicted octanol–water partition coefficient (Wildman–Crippen LogP) is 11.9. The van der Waals surface area contributed by atoms with E-state index in [-0.39, 0.29) is 5.97 Å². The molecule has 2 nitrogen and oxygen atoms in total. The van der Waals surface area contributed by atoms with E-state index in [1.165, 1.54) is 103 Å². The Morgan fingerprint density at radius 3 is 2.10 bits per heavy atom. The molecule has 4 heteroatoms. The van der Waals surface area contributed by atoms with E-state index < -0.39 is 0 Å². The molecule has 2 aromatic heterocycles. The first kappa shape index (κ1) is 27.9. The van der Waals surface area contributed by atoms with Crippen molar-refractivity contribution in [3.63, 3.8) is 0 Å². The van der Waals surface area contributed by atoms with Gasteiger partial charge in [-0.3, -0.25) is 0 Å². The van der Waals surface area contributed by atoms with Crippen LogP contribution >= 0.6 is 22.7 Å². The van der Waals surface area contributed by atoms with Gasteiger partial charge in [-0.05, 0) is 81.4 Å². The highest BCUT2D eigenvalue weighted by Gasteiger charge is 2.19. The summed E-state index contributed by atoms with van der Waals surface area (Å²) in [5.74, 6) is -0.204. The standard InChI is InChI=1S/C37H38O2S2/c1-3-5-6-7-8-9-10-11-13-28-24-33(37(38)39-4-2)41-36(28)32-23-22-31(40-32)29-20-18-27-17-16-25-14-12-15-26-19-21-30(29)35(27)34(25)26/h12,14-24H,3-11,13H2,1-2H3. The quantitative estimate of drug-likeness (QED) is 0.0774. The van der Waals surface area contributed by atoms with Gasteiger partial charge < -0.3 is 4.74 Å². The Balaban J connectivity index is 1.29. The van der Waals surface area contributed by atoms with E-state index in [1.54, 1.807) is 11.3 Å². The molecule has 0 atom stereocenters. The number of aryl methyl sites for hydroxylation is 1. The molecule has 0 saturated carbocycles. The number of carbonyl (C=O) groups excluding carboxylic acids is 1. The van der Waals surface area contributed by atoms with E-state index in [2.05, 4.69) is 79.7 Å². The summed E-state index contributed by atoms with van der Waals surface area (Å²) < 4.78 is 5.38. The minimum absolute atomic E-state index is 0.204. The molecule has 0 unspecified atom stereocenters. The Kier molecular flexibility index (Phi) is 8.69. The highest BCUT2D eigenvalue weighted by atomic mass is 32.1. The van der Waals surface area contributed by atoms with Gasteiger partial charge in [0, 0.05) is 14.6 Å². The van der Waals surface area contributed by atoms with Crippen LogP contribution in [0.1, 0.15) is 80.4 Å². The number of esters is 1. The van der Waals surface area contributed by atoms with Gasteiger partial charge in [-0.2, -0.15) is 0 Å². The zero-order valence-corrected chi connectivity index (χ0v) is 25.8. The first-order valence-corrected chi connectivity index (χ1v) is 16.9. The van der Waals surface area contributed by atoms with Crippen LogP contribution in [0.15, 0.2) is 72.8 Å². The number of hydrogen-bond donors (Lipinski definition) is 0. The highest BCUT2D eigenvalue weighted by Crippen LogP contribution is 2.44. The SMILES string of the molecule is CCCCCCCCCCc1cc(C(=O)OCC)sc1-c1ccc(-c2ccc3ccc4cccc5ccc2c3c45)s1. The van der Waals surface area contributed by atoms with Crippen molar-refractivity contribution in [2.45, 2.75) is 71.6 Å². The fraction of sp³-hybridized carbons (Fsp3) is 0.324. The average molecular weight is 579 g/mol. The van der Waals surface area contributed by atoms with Crippen LogP contribution < -0.4 is 0 Å². The third kappa shape index (κ3) is 5.78. The molecule has 0 bridgehead atoms. The fourth-order valence-electron chi connectivity index (χ4n) is 6.13. The lowest BCUT2D eigenvalue weighted by Gasteiger charge is -2.13. The minimum atomic E-state index is -0.204. The van der Waals surface area contributed by atoms with E-state index in [1.807, 2.05) is 18.3 Å². The molecule has 0 aliphatic rings. The van der Waals surface area contributed by atoms with Crippen LogP contribution in [0.25, 0.3) is 52.5 Å². The van der Waals surface area contributed by atoms with Gasteiger partial charge in [-0.1, -0.05) is 106 Å². The number of rotatable bonds is 13. The van der Waals surface area contributed by atoms with Crippen LogP contribution in [-0.2, 0) is 11.2 Å². The molecule has 210 valence electrons. The molecule has 0 saturated heterocycles. The normalized spacial score (nSPS) is 11.8. The zero-order valence-electron chi connectivity index (χ0n) is 24.1. The summed E-state index contributed by atoms with van der Waals surface area (Å²) in [7, 11) is 0. The molecule has 0 aliphatic carbocycles. The Morgan fingerprint density at radius 2 is 1.34 bits per heavy atom. The fourth-order valence-corrected chi connectivity index (χ4v) is 8.42. The van der Waals surface area contributed by atoms with Gasteiger partial charge in [0.05, 0.1) is 6.61 Å².